The SMILES string of the molecule is CC(Oc1cccc(Cl)c1)C(=O)Nc1ccc2c(N3CCOCC3)ncnc2c1. The number of hydrogen-bond donors (Lipinski definition) is 1. The molecule has 3 aromatic rings. The first-order valence-electron chi connectivity index (χ1n) is 9.41. The summed E-state index contributed by atoms with van der Waals surface area (Å²) in [6.45, 7) is 4.65. The van der Waals surface area contributed by atoms with E-state index in [1.54, 1.807) is 37.5 Å². The number of carbonyl (C=O) groups excluding carboxylic acids is 1. The summed E-state index contributed by atoms with van der Waals surface area (Å²) in [5, 5.41) is 4.37. The van der Waals surface area contributed by atoms with E-state index in [2.05, 4.69) is 20.2 Å². The molecule has 1 amide bonds. The number of rotatable bonds is 5. The molecule has 1 N–H and O–H groups in total. The third kappa shape index (κ3) is 4.58. The van der Waals surface area contributed by atoms with Gasteiger partial charge in [0.1, 0.15) is 17.9 Å². The van der Waals surface area contributed by atoms with E-state index in [1.165, 1.54) is 0 Å². The van der Waals surface area contributed by atoms with Crippen molar-refractivity contribution >= 4 is 39.9 Å². The average Bonchev–Trinajstić information content (AvgIpc) is 2.73. The summed E-state index contributed by atoms with van der Waals surface area (Å²) in [5.41, 5.74) is 1.42. The van der Waals surface area contributed by atoms with Crippen LogP contribution in [0.3, 0.4) is 0 Å². The summed E-state index contributed by atoms with van der Waals surface area (Å²) in [6.07, 6.45) is 0.863. The number of aromatic nitrogens is 2. The van der Waals surface area contributed by atoms with Crippen LogP contribution in [-0.4, -0.2) is 48.3 Å². The molecule has 1 aliphatic rings. The van der Waals surface area contributed by atoms with E-state index in [4.69, 9.17) is 21.1 Å². The average molecular weight is 413 g/mol. The third-order valence-electron chi connectivity index (χ3n) is 4.67. The van der Waals surface area contributed by atoms with E-state index in [0.717, 1.165) is 29.8 Å². The lowest BCUT2D eigenvalue weighted by Gasteiger charge is -2.28. The highest BCUT2D eigenvalue weighted by Crippen LogP contribution is 2.26. The highest BCUT2D eigenvalue weighted by molar-refractivity contribution is 6.30. The highest BCUT2D eigenvalue weighted by Gasteiger charge is 2.18. The zero-order valence-corrected chi connectivity index (χ0v) is 16.7. The van der Waals surface area contributed by atoms with Gasteiger partial charge in [0.25, 0.3) is 5.91 Å². The molecule has 0 saturated carbocycles. The van der Waals surface area contributed by atoms with Gasteiger partial charge in [-0.15, -0.1) is 0 Å². The quantitative estimate of drug-likeness (QED) is 0.690. The molecule has 29 heavy (non-hydrogen) atoms. The Morgan fingerprint density at radius 2 is 2.03 bits per heavy atom. The van der Waals surface area contributed by atoms with Crippen molar-refractivity contribution in [3.63, 3.8) is 0 Å². The van der Waals surface area contributed by atoms with Gasteiger partial charge in [-0.1, -0.05) is 17.7 Å². The van der Waals surface area contributed by atoms with Crippen molar-refractivity contribution in [1.29, 1.82) is 0 Å². The largest absolute Gasteiger partial charge is 0.481 e. The van der Waals surface area contributed by atoms with Gasteiger partial charge in [0.2, 0.25) is 0 Å². The number of hydrogen-bond acceptors (Lipinski definition) is 6. The summed E-state index contributed by atoms with van der Waals surface area (Å²) < 4.78 is 11.1. The van der Waals surface area contributed by atoms with Crippen molar-refractivity contribution in [3.8, 4) is 5.75 Å². The van der Waals surface area contributed by atoms with Crippen LogP contribution in [0.4, 0.5) is 11.5 Å². The molecule has 1 aliphatic heterocycles. The van der Waals surface area contributed by atoms with Crippen LogP contribution in [0.25, 0.3) is 10.9 Å². The lowest BCUT2D eigenvalue weighted by Crippen LogP contribution is -2.36. The fraction of sp³-hybridized carbons (Fsp3) is 0.286. The van der Waals surface area contributed by atoms with E-state index in [9.17, 15) is 4.79 Å². The molecule has 2 heterocycles. The Hall–Kier alpha value is -2.90. The van der Waals surface area contributed by atoms with Crippen LogP contribution in [0.2, 0.25) is 5.02 Å². The van der Waals surface area contributed by atoms with Gasteiger partial charge in [0.15, 0.2) is 6.10 Å². The van der Waals surface area contributed by atoms with Crippen LogP contribution in [0, 0.1) is 0 Å². The number of morpholine rings is 1. The zero-order chi connectivity index (χ0) is 20.2. The molecule has 7 nitrogen and oxygen atoms in total. The first-order chi connectivity index (χ1) is 14.1. The van der Waals surface area contributed by atoms with Crippen LogP contribution >= 0.6 is 11.6 Å². The number of nitrogens with one attached hydrogen (secondary N) is 1. The van der Waals surface area contributed by atoms with Gasteiger partial charge in [-0.25, -0.2) is 9.97 Å². The number of anilines is 2. The summed E-state index contributed by atoms with van der Waals surface area (Å²) in [6, 6.07) is 12.6. The van der Waals surface area contributed by atoms with Crippen molar-refractivity contribution in [3.05, 3.63) is 53.8 Å². The van der Waals surface area contributed by atoms with Crippen LogP contribution < -0.4 is 15.0 Å². The molecular formula is C21H21ClN4O3. The Morgan fingerprint density at radius 1 is 1.21 bits per heavy atom. The van der Waals surface area contributed by atoms with Crippen LogP contribution in [0.1, 0.15) is 6.92 Å². The maximum Gasteiger partial charge on any atom is 0.265 e. The highest BCUT2D eigenvalue weighted by atomic mass is 35.5. The van der Waals surface area contributed by atoms with Gasteiger partial charge >= 0.3 is 0 Å². The topological polar surface area (TPSA) is 76.6 Å². The summed E-state index contributed by atoms with van der Waals surface area (Å²) in [7, 11) is 0. The Kier molecular flexibility index (Phi) is 5.78. The van der Waals surface area contributed by atoms with E-state index in [1.807, 2.05) is 18.2 Å². The third-order valence-corrected chi connectivity index (χ3v) is 4.91. The molecule has 1 unspecified atom stereocenters. The van der Waals surface area contributed by atoms with Gasteiger partial charge in [0.05, 0.1) is 18.7 Å². The van der Waals surface area contributed by atoms with Gasteiger partial charge in [-0.2, -0.15) is 0 Å². The van der Waals surface area contributed by atoms with Gasteiger partial charge in [-0.05, 0) is 43.3 Å². The Labute approximate surface area is 173 Å². The molecule has 1 atom stereocenters. The minimum atomic E-state index is -0.682. The number of carbonyl (C=O) groups is 1. The fourth-order valence-corrected chi connectivity index (χ4v) is 3.37. The molecule has 0 bridgehead atoms. The van der Waals surface area contributed by atoms with Crippen molar-refractivity contribution in [2.24, 2.45) is 0 Å². The summed E-state index contributed by atoms with van der Waals surface area (Å²) in [5.74, 6) is 1.17. The Morgan fingerprint density at radius 3 is 2.83 bits per heavy atom. The normalized spacial score (nSPS) is 15.2. The maximum atomic E-state index is 12.5. The van der Waals surface area contributed by atoms with Gasteiger partial charge in [-0.3, -0.25) is 4.79 Å². The molecule has 4 rings (SSSR count). The lowest BCUT2D eigenvalue weighted by atomic mass is 10.2. The second-order valence-electron chi connectivity index (χ2n) is 6.74. The molecule has 0 aliphatic carbocycles. The molecular weight excluding hydrogens is 392 g/mol. The number of nitrogens with zero attached hydrogens (tertiary/aromatic N) is 3. The fourth-order valence-electron chi connectivity index (χ4n) is 3.19. The maximum absolute atomic E-state index is 12.5. The summed E-state index contributed by atoms with van der Waals surface area (Å²) >= 11 is 5.96. The smallest absolute Gasteiger partial charge is 0.265 e. The second-order valence-corrected chi connectivity index (χ2v) is 7.17. The standard InChI is InChI=1S/C21H21ClN4O3/c1-14(29-17-4-2-3-15(22)11-17)21(27)25-16-5-6-18-19(12-16)23-13-24-20(18)26-7-9-28-10-8-26/h2-6,11-14H,7-10H2,1H3,(H,25,27). The summed E-state index contributed by atoms with van der Waals surface area (Å²) in [4.78, 5) is 23.5. The van der Waals surface area contributed by atoms with Crippen molar-refractivity contribution < 1.29 is 14.3 Å². The van der Waals surface area contributed by atoms with Gasteiger partial charge in [0, 0.05) is 29.2 Å². The van der Waals surface area contributed by atoms with Crippen LogP contribution in [0.15, 0.2) is 48.8 Å². The molecule has 1 saturated heterocycles. The van der Waals surface area contributed by atoms with Crippen molar-refractivity contribution in [2.45, 2.75) is 13.0 Å². The molecule has 0 radical (unpaired) electrons. The molecule has 2 aromatic carbocycles. The van der Waals surface area contributed by atoms with E-state index in [-0.39, 0.29) is 5.91 Å². The van der Waals surface area contributed by atoms with Crippen molar-refractivity contribution in [2.75, 3.05) is 36.5 Å². The van der Waals surface area contributed by atoms with E-state index < -0.39 is 6.10 Å². The van der Waals surface area contributed by atoms with Crippen LogP contribution in [-0.2, 0) is 9.53 Å². The second kappa shape index (κ2) is 8.63. The Balaban J connectivity index is 1.48. The van der Waals surface area contributed by atoms with E-state index in [0.29, 0.717) is 29.7 Å². The monoisotopic (exact) mass is 412 g/mol. The number of ether oxygens (including phenoxy) is 2. The van der Waals surface area contributed by atoms with Gasteiger partial charge < -0.3 is 19.7 Å². The first kappa shape index (κ1) is 19.4. The molecule has 1 fully saturated rings. The number of amides is 1. The van der Waals surface area contributed by atoms with E-state index >= 15 is 0 Å². The predicted octanol–water partition coefficient (Wildman–Crippen LogP) is 3.53. The van der Waals surface area contributed by atoms with Crippen molar-refractivity contribution in [1.82, 2.24) is 9.97 Å². The molecule has 150 valence electrons. The predicted molar refractivity (Wildman–Crippen MR) is 113 cm³/mol. The number of fused-ring (bicyclic) bond motifs is 1. The molecule has 8 heteroatoms. The number of benzene rings is 2. The zero-order valence-electron chi connectivity index (χ0n) is 16.0. The number of halogens is 1. The lowest BCUT2D eigenvalue weighted by molar-refractivity contribution is -0.122. The molecule has 1 aromatic heterocycles. The Bertz CT molecular complexity index is 1020. The molecule has 0 spiro atoms. The van der Waals surface area contributed by atoms with Crippen LogP contribution in [0.5, 0.6) is 5.75 Å². The first-order valence-corrected chi connectivity index (χ1v) is 9.78. The minimum Gasteiger partial charge on any atom is -0.481 e. The minimum absolute atomic E-state index is 0.258.